The van der Waals surface area contributed by atoms with Crippen LogP contribution in [-0.2, 0) is 19.6 Å². The van der Waals surface area contributed by atoms with Crippen LogP contribution in [-0.4, -0.2) is 32.1 Å². The number of nitrogen functional groups attached to an aromatic ring is 1. The summed E-state index contributed by atoms with van der Waals surface area (Å²) in [5, 5.41) is 10.6. The van der Waals surface area contributed by atoms with Gasteiger partial charge in [-0.2, -0.15) is 4.72 Å². The minimum absolute atomic E-state index is 0.0121. The molecule has 2 rings (SSSR count). The fraction of sp³-hybridized carbons (Fsp3) is 0.278. The van der Waals surface area contributed by atoms with Gasteiger partial charge in [0.1, 0.15) is 12.1 Å². The Morgan fingerprint density at radius 1 is 1.15 bits per heavy atom. The molecule has 26 heavy (non-hydrogen) atoms. The summed E-state index contributed by atoms with van der Waals surface area (Å²) in [6.07, 6.45) is -1.44. The van der Waals surface area contributed by atoms with Crippen LogP contribution in [0.1, 0.15) is 24.2 Å². The molecule has 0 aromatic heterocycles. The van der Waals surface area contributed by atoms with Crippen molar-refractivity contribution in [3.05, 3.63) is 59.7 Å². The number of aliphatic hydroxyl groups excluding tert-OH is 1. The number of nitrogens with one attached hydrogen (secondary N) is 1. The fourth-order valence-electron chi connectivity index (χ4n) is 2.31. The van der Waals surface area contributed by atoms with E-state index in [-0.39, 0.29) is 11.5 Å². The number of nitrogens with two attached hydrogens (primary N) is 1. The molecule has 0 radical (unpaired) electrons. The van der Waals surface area contributed by atoms with Gasteiger partial charge in [0.2, 0.25) is 10.0 Å². The Bertz CT molecular complexity index is 848. The van der Waals surface area contributed by atoms with Crippen LogP contribution in [0.3, 0.4) is 0 Å². The molecule has 0 fully saturated rings. The SMILES string of the molecule is CCOC(=O)[C@H](NS(=O)(=O)c1ccc(C)cc1)[C@H](O)c1ccc(N)cc1. The first-order valence-electron chi connectivity index (χ1n) is 8.03. The summed E-state index contributed by atoms with van der Waals surface area (Å²) in [5.74, 6) is -0.868. The molecule has 0 amide bonds. The second-order valence-electron chi connectivity index (χ2n) is 5.78. The quantitative estimate of drug-likeness (QED) is 0.496. The number of benzene rings is 2. The fourth-order valence-corrected chi connectivity index (χ4v) is 3.50. The van der Waals surface area contributed by atoms with E-state index in [1.165, 1.54) is 24.3 Å². The molecule has 0 aliphatic heterocycles. The molecule has 4 N–H and O–H groups in total. The summed E-state index contributed by atoms with van der Waals surface area (Å²) in [6, 6.07) is 10.8. The number of carbonyl (C=O) groups is 1. The Hall–Kier alpha value is -2.42. The van der Waals surface area contributed by atoms with Crippen molar-refractivity contribution in [1.82, 2.24) is 4.72 Å². The molecule has 0 unspecified atom stereocenters. The standard InChI is InChI=1S/C18H22N2O5S/c1-3-25-18(22)16(17(21)13-6-8-14(19)9-7-13)20-26(23,24)15-10-4-12(2)5-11-15/h4-11,16-17,20-21H,3,19H2,1-2H3/t16-,17-/m1/s1. The lowest BCUT2D eigenvalue weighted by atomic mass is 10.0. The van der Waals surface area contributed by atoms with Crippen LogP contribution in [0.4, 0.5) is 5.69 Å². The average molecular weight is 378 g/mol. The van der Waals surface area contributed by atoms with Crippen LogP contribution in [0.2, 0.25) is 0 Å². The highest BCUT2D eigenvalue weighted by Crippen LogP contribution is 2.21. The van der Waals surface area contributed by atoms with Gasteiger partial charge in [0, 0.05) is 5.69 Å². The van der Waals surface area contributed by atoms with E-state index in [9.17, 15) is 18.3 Å². The van der Waals surface area contributed by atoms with Crippen molar-refractivity contribution in [2.75, 3.05) is 12.3 Å². The van der Waals surface area contributed by atoms with Crippen LogP contribution >= 0.6 is 0 Å². The number of hydrogen-bond donors (Lipinski definition) is 3. The summed E-state index contributed by atoms with van der Waals surface area (Å²) in [7, 11) is -4.04. The topological polar surface area (TPSA) is 119 Å². The number of rotatable bonds is 7. The van der Waals surface area contributed by atoms with Gasteiger partial charge in [-0.25, -0.2) is 8.42 Å². The number of aryl methyl sites for hydroxylation is 1. The van der Waals surface area contributed by atoms with Gasteiger partial charge in [-0.1, -0.05) is 29.8 Å². The van der Waals surface area contributed by atoms with E-state index < -0.39 is 28.1 Å². The molecule has 140 valence electrons. The molecule has 0 aliphatic carbocycles. The number of sulfonamides is 1. The first kappa shape index (κ1) is 19.9. The lowest BCUT2D eigenvalue weighted by Gasteiger charge is -2.23. The summed E-state index contributed by atoms with van der Waals surface area (Å²) in [5.41, 5.74) is 7.33. The number of hydrogen-bond acceptors (Lipinski definition) is 6. The van der Waals surface area contributed by atoms with E-state index in [0.717, 1.165) is 5.56 Å². The van der Waals surface area contributed by atoms with Gasteiger partial charge in [-0.3, -0.25) is 4.79 Å². The molecule has 2 aromatic carbocycles. The van der Waals surface area contributed by atoms with Gasteiger partial charge in [0.15, 0.2) is 0 Å². The Kier molecular flexibility index (Phi) is 6.36. The number of aliphatic hydroxyl groups is 1. The molecule has 0 aliphatic rings. The second-order valence-corrected chi connectivity index (χ2v) is 7.49. The number of anilines is 1. The normalized spacial score (nSPS) is 13.8. The number of carbonyl (C=O) groups excluding carboxylic acids is 1. The zero-order valence-electron chi connectivity index (χ0n) is 14.5. The van der Waals surface area contributed by atoms with Crippen molar-refractivity contribution >= 4 is 21.7 Å². The molecule has 0 saturated carbocycles. The monoisotopic (exact) mass is 378 g/mol. The zero-order valence-corrected chi connectivity index (χ0v) is 15.4. The van der Waals surface area contributed by atoms with E-state index in [1.807, 2.05) is 6.92 Å². The molecule has 0 bridgehead atoms. The molecule has 0 saturated heterocycles. The molecule has 8 heteroatoms. The van der Waals surface area contributed by atoms with Crippen molar-refractivity contribution < 1.29 is 23.1 Å². The first-order chi connectivity index (χ1) is 12.2. The molecular formula is C18H22N2O5S. The van der Waals surface area contributed by atoms with Crippen molar-refractivity contribution in [3.63, 3.8) is 0 Å². The van der Waals surface area contributed by atoms with E-state index >= 15 is 0 Å². The van der Waals surface area contributed by atoms with Crippen molar-refractivity contribution in [2.24, 2.45) is 0 Å². The predicted octanol–water partition coefficient (Wildman–Crippen LogP) is 1.52. The lowest BCUT2D eigenvalue weighted by molar-refractivity contribution is -0.148. The minimum atomic E-state index is -4.04. The maximum atomic E-state index is 12.6. The van der Waals surface area contributed by atoms with Crippen LogP contribution in [0.5, 0.6) is 0 Å². The van der Waals surface area contributed by atoms with Gasteiger partial charge in [0.25, 0.3) is 0 Å². The van der Waals surface area contributed by atoms with E-state index in [4.69, 9.17) is 10.5 Å². The van der Waals surface area contributed by atoms with Gasteiger partial charge in [0.05, 0.1) is 11.5 Å². The molecule has 0 heterocycles. The van der Waals surface area contributed by atoms with E-state index in [0.29, 0.717) is 11.3 Å². The summed E-state index contributed by atoms with van der Waals surface area (Å²) in [6.45, 7) is 3.48. The highest BCUT2D eigenvalue weighted by molar-refractivity contribution is 7.89. The molecule has 7 nitrogen and oxygen atoms in total. The number of esters is 1. The minimum Gasteiger partial charge on any atom is -0.465 e. The zero-order chi connectivity index (χ0) is 19.3. The van der Waals surface area contributed by atoms with Crippen molar-refractivity contribution in [1.29, 1.82) is 0 Å². The molecular weight excluding hydrogens is 356 g/mol. The Morgan fingerprint density at radius 2 is 1.73 bits per heavy atom. The second kappa shape index (κ2) is 8.31. The highest BCUT2D eigenvalue weighted by atomic mass is 32.2. The summed E-state index contributed by atoms with van der Waals surface area (Å²) in [4.78, 5) is 12.2. The molecule has 2 atom stereocenters. The van der Waals surface area contributed by atoms with E-state index in [2.05, 4.69) is 4.72 Å². The third kappa shape index (κ3) is 4.81. The lowest BCUT2D eigenvalue weighted by Crippen LogP contribution is -2.45. The summed E-state index contributed by atoms with van der Waals surface area (Å²) < 4.78 is 32.4. The van der Waals surface area contributed by atoms with Crippen LogP contribution in [0.15, 0.2) is 53.4 Å². The van der Waals surface area contributed by atoms with Gasteiger partial charge < -0.3 is 15.6 Å². The third-order valence-corrected chi connectivity index (χ3v) is 5.20. The predicted molar refractivity (Wildman–Crippen MR) is 97.7 cm³/mol. The van der Waals surface area contributed by atoms with E-state index in [1.54, 1.807) is 31.2 Å². The number of ether oxygens (including phenoxy) is 1. The molecule has 0 spiro atoms. The average Bonchev–Trinajstić information content (AvgIpc) is 2.60. The highest BCUT2D eigenvalue weighted by Gasteiger charge is 2.34. The van der Waals surface area contributed by atoms with Gasteiger partial charge in [-0.05, 0) is 43.7 Å². The van der Waals surface area contributed by atoms with Crippen molar-refractivity contribution in [2.45, 2.75) is 30.9 Å². The van der Waals surface area contributed by atoms with Crippen molar-refractivity contribution in [3.8, 4) is 0 Å². The largest absolute Gasteiger partial charge is 0.465 e. The van der Waals surface area contributed by atoms with Crippen LogP contribution < -0.4 is 10.5 Å². The van der Waals surface area contributed by atoms with Gasteiger partial charge in [-0.15, -0.1) is 0 Å². The third-order valence-electron chi connectivity index (χ3n) is 3.75. The van der Waals surface area contributed by atoms with Crippen LogP contribution in [0, 0.1) is 6.92 Å². The maximum Gasteiger partial charge on any atom is 0.327 e. The first-order valence-corrected chi connectivity index (χ1v) is 9.52. The Labute approximate surface area is 152 Å². The molecule has 2 aromatic rings. The Balaban J connectivity index is 2.33. The van der Waals surface area contributed by atoms with Gasteiger partial charge >= 0.3 is 5.97 Å². The van der Waals surface area contributed by atoms with Crippen LogP contribution in [0.25, 0.3) is 0 Å². The Morgan fingerprint density at radius 3 is 2.27 bits per heavy atom. The summed E-state index contributed by atoms with van der Waals surface area (Å²) >= 11 is 0. The smallest absolute Gasteiger partial charge is 0.327 e. The maximum absolute atomic E-state index is 12.6.